The summed E-state index contributed by atoms with van der Waals surface area (Å²) in [6.07, 6.45) is -3.79. The Hall–Kier alpha value is -1.15. The molecule has 0 aromatic carbocycles. The Kier molecular flexibility index (Phi) is 5.54. The maximum Gasteiger partial charge on any atom is 0.411 e. The van der Waals surface area contributed by atoms with Gasteiger partial charge in [-0.2, -0.15) is 18.2 Å². The predicted octanol–water partition coefficient (Wildman–Crippen LogP) is 2.02. The monoisotopic (exact) mass is 268 g/mol. The molecule has 0 fully saturated rings. The lowest BCUT2D eigenvalue weighted by molar-refractivity contribution is -0.173. The van der Waals surface area contributed by atoms with Crippen LogP contribution in [0.25, 0.3) is 0 Å². The first-order chi connectivity index (χ1) is 8.42. The summed E-state index contributed by atoms with van der Waals surface area (Å²) in [4.78, 5) is 3.87. The first kappa shape index (κ1) is 14.9. The highest BCUT2D eigenvalue weighted by Gasteiger charge is 2.27. The van der Waals surface area contributed by atoms with E-state index in [1.807, 2.05) is 6.92 Å². The second kappa shape index (κ2) is 6.69. The summed E-state index contributed by atoms with van der Waals surface area (Å²) in [5, 5.41) is 13.1. The van der Waals surface area contributed by atoms with Crippen LogP contribution in [0.3, 0.4) is 0 Å². The molecule has 0 saturated heterocycles. The van der Waals surface area contributed by atoms with Crippen molar-refractivity contribution in [2.24, 2.45) is 0 Å². The number of aliphatic hydroxyl groups is 1. The summed E-state index contributed by atoms with van der Waals surface area (Å²) >= 11 is 0. The predicted molar refractivity (Wildman–Crippen MR) is 54.7 cm³/mol. The Labute approximate surface area is 102 Å². The van der Waals surface area contributed by atoms with Crippen LogP contribution in [0.4, 0.5) is 13.2 Å². The van der Waals surface area contributed by atoms with Crippen molar-refractivity contribution in [3.8, 4) is 0 Å². The van der Waals surface area contributed by atoms with E-state index < -0.39 is 18.9 Å². The van der Waals surface area contributed by atoms with Crippen LogP contribution >= 0.6 is 0 Å². The SMILES string of the molecule is CCCC(O)c1noc(CCOCC(F)(F)F)n1. The largest absolute Gasteiger partial charge is 0.411 e. The van der Waals surface area contributed by atoms with Gasteiger partial charge in [-0.1, -0.05) is 18.5 Å². The average molecular weight is 268 g/mol. The standard InChI is InChI=1S/C10H15F3N2O3/c1-2-3-7(16)9-14-8(18-15-9)4-5-17-6-10(11,12)13/h7,16H,2-6H2,1H3. The van der Waals surface area contributed by atoms with Crippen LogP contribution in [-0.4, -0.2) is 34.6 Å². The summed E-state index contributed by atoms with van der Waals surface area (Å²) < 4.78 is 44.5. The molecule has 8 heteroatoms. The number of halogens is 3. The molecule has 1 aromatic heterocycles. The number of hydrogen-bond donors (Lipinski definition) is 1. The minimum Gasteiger partial charge on any atom is -0.385 e. The molecule has 0 aliphatic heterocycles. The van der Waals surface area contributed by atoms with E-state index in [2.05, 4.69) is 14.9 Å². The molecule has 1 rings (SSSR count). The molecule has 1 heterocycles. The van der Waals surface area contributed by atoms with Gasteiger partial charge in [-0.25, -0.2) is 0 Å². The van der Waals surface area contributed by atoms with Crippen LogP contribution in [0.1, 0.15) is 37.6 Å². The van der Waals surface area contributed by atoms with Gasteiger partial charge in [0.25, 0.3) is 0 Å². The zero-order valence-corrected chi connectivity index (χ0v) is 9.90. The third-order valence-electron chi connectivity index (χ3n) is 2.07. The van der Waals surface area contributed by atoms with Crippen molar-refractivity contribution in [1.82, 2.24) is 10.1 Å². The number of ether oxygens (including phenoxy) is 1. The number of alkyl halides is 3. The fourth-order valence-corrected chi connectivity index (χ4v) is 1.25. The highest BCUT2D eigenvalue weighted by atomic mass is 19.4. The summed E-state index contributed by atoms with van der Waals surface area (Å²) in [6, 6.07) is 0. The highest BCUT2D eigenvalue weighted by Crippen LogP contribution is 2.16. The molecule has 1 atom stereocenters. The lowest BCUT2D eigenvalue weighted by atomic mass is 10.2. The van der Waals surface area contributed by atoms with Crippen molar-refractivity contribution in [1.29, 1.82) is 0 Å². The van der Waals surface area contributed by atoms with E-state index in [-0.39, 0.29) is 24.7 Å². The fraction of sp³-hybridized carbons (Fsp3) is 0.800. The van der Waals surface area contributed by atoms with E-state index in [1.54, 1.807) is 0 Å². The zero-order valence-electron chi connectivity index (χ0n) is 9.90. The molecule has 0 aliphatic rings. The van der Waals surface area contributed by atoms with Crippen LogP contribution in [0.2, 0.25) is 0 Å². The molecule has 18 heavy (non-hydrogen) atoms. The quantitative estimate of drug-likeness (QED) is 0.766. The van der Waals surface area contributed by atoms with Crippen molar-refractivity contribution in [2.45, 2.75) is 38.5 Å². The maximum absolute atomic E-state index is 11.8. The Morgan fingerprint density at radius 3 is 2.78 bits per heavy atom. The van der Waals surface area contributed by atoms with Gasteiger partial charge in [0.15, 0.2) is 5.82 Å². The molecule has 0 spiro atoms. The number of aromatic nitrogens is 2. The van der Waals surface area contributed by atoms with Gasteiger partial charge < -0.3 is 14.4 Å². The molecular formula is C10H15F3N2O3. The minimum atomic E-state index is -4.34. The second-order valence-electron chi connectivity index (χ2n) is 3.77. The fourth-order valence-electron chi connectivity index (χ4n) is 1.25. The molecule has 0 saturated carbocycles. The molecular weight excluding hydrogens is 253 g/mol. The smallest absolute Gasteiger partial charge is 0.385 e. The highest BCUT2D eigenvalue weighted by molar-refractivity contribution is 4.90. The Balaban J connectivity index is 2.31. The van der Waals surface area contributed by atoms with Gasteiger partial charge in [-0.05, 0) is 6.42 Å². The molecule has 1 aromatic rings. The van der Waals surface area contributed by atoms with E-state index in [1.165, 1.54) is 0 Å². The van der Waals surface area contributed by atoms with Crippen LogP contribution in [0.5, 0.6) is 0 Å². The van der Waals surface area contributed by atoms with Gasteiger partial charge in [-0.15, -0.1) is 0 Å². The first-order valence-electron chi connectivity index (χ1n) is 5.57. The van der Waals surface area contributed by atoms with Crippen LogP contribution in [0, 0.1) is 0 Å². The summed E-state index contributed by atoms with van der Waals surface area (Å²) in [5.41, 5.74) is 0. The number of rotatable bonds is 7. The van der Waals surface area contributed by atoms with Crippen molar-refractivity contribution >= 4 is 0 Å². The third kappa shape index (κ3) is 5.46. The molecule has 5 nitrogen and oxygen atoms in total. The van der Waals surface area contributed by atoms with Gasteiger partial charge in [-0.3, -0.25) is 0 Å². The summed E-state index contributed by atoms with van der Waals surface area (Å²) in [6.45, 7) is 0.437. The van der Waals surface area contributed by atoms with Crippen molar-refractivity contribution in [3.05, 3.63) is 11.7 Å². The number of nitrogens with zero attached hydrogens (tertiary/aromatic N) is 2. The Bertz CT molecular complexity index is 354. The molecule has 1 N–H and O–H groups in total. The number of hydrogen-bond acceptors (Lipinski definition) is 5. The van der Waals surface area contributed by atoms with E-state index >= 15 is 0 Å². The van der Waals surface area contributed by atoms with Crippen LogP contribution in [-0.2, 0) is 11.2 Å². The van der Waals surface area contributed by atoms with Crippen LogP contribution in [0.15, 0.2) is 4.52 Å². The Morgan fingerprint density at radius 1 is 1.44 bits per heavy atom. The van der Waals surface area contributed by atoms with Crippen molar-refractivity contribution < 1.29 is 27.5 Å². The lowest BCUT2D eigenvalue weighted by Gasteiger charge is -2.05. The summed E-state index contributed by atoms with van der Waals surface area (Å²) in [5.74, 6) is 0.310. The maximum atomic E-state index is 11.8. The molecule has 0 radical (unpaired) electrons. The van der Waals surface area contributed by atoms with Gasteiger partial charge in [0.1, 0.15) is 12.7 Å². The van der Waals surface area contributed by atoms with E-state index in [0.29, 0.717) is 6.42 Å². The molecule has 0 bridgehead atoms. The lowest BCUT2D eigenvalue weighted by Crippen LogP contribution is -2.18. The average Bonchev–Trinajstić information content (AvgIpc) is 2.72. The zero-order chi connectivity index (χ0) is 13.6. The van der Waals surface area contributed by atoms with E-state index in [0.717, 1.165) is 6.42 Å². The molecule has 104 valence electrons. The first-order valence-corrected chi connectivity index (χ1v) is 5.57. The van der Waals surface area contributed by atoms with Crippen LogP contribution < -0.4 is 0 Å². The minimum absolute atomic E-state index is 0.0852. The molecule has 1 unspecified atom stereocenters. The second-order valence-corrected chi connectivity index (χ2v) is 3.77. The third-order valence-corrected chi connectivity index (χ3v) is 2.07. The van der Waals surface area contributed by atoms with Gasteiger partial charge in [0, 0.05) is 0 Å². The summed E-state index contributed by atoms with van der Waals surface area (Å²) in [7, 11) is 0. The van der Waals surface area contributed by atoms with Gasteiger partial charge >= 0.3 is 6.18 Å². The topological polar surface area (TPSA) is 68.4 Å². The Morgan fingerprint density at radius 2 is 2.17 bits per heavy atom. The van der Waals surface area contributed by atoms with E-state index in [9.17, 15) is 18.3 Å². The molecule has 0 amide bonds. The molecule has 0 aliphatic carbocycles. The van der Waals surface area contributed by atoms with Crippen molar-refractivity contribution in [2.75, 3.05) is 13.2 Å². The van der Waals surface area contributed by atoms with E-state index in [4.69, 9.17) is 4.52 Å². The van der Waals surface area contributed by atoms with Gasteiger partial charge in [0.2, 0.25) is 5.89 Å². The van der Waals surface area contributed by atoms with Gasteiger partial charge in [0.05, 0.1) is 13.0 Å². The number of aliphatic hydroxyl groups excluding tert-OH is 1. The van der Waals surface area contributed by atoms with Crippen molar-refractivity contribution in [3.63, 3.8) is 0 Å². The normalized spacial score (nSPS) is 13.8.